The number of rotatable bonds is 12. The summed E-state index contributed by atoms with van der Waals surface area (Å²) in [6.07, 6.45) is 6.23. The van der Waals surface area contributed by atoms with Gasteiger partial charge in [0.05, 0.1) is 11.6 Å². The molecule has 8 heteroatoms. The Morgan fingerprint density at radius 2 is 1.71 bits per heavy atom. The Bertz CT molecular complexity index is 436. The predicted molar refractivity (Wildman–Crippen MR) is 109 cm³/mol. The fraction of sp³-hybridized carbons (Fsp3) is 0.875. The zero-order valence-corrected chi connectivity index (χ0v) is 18.3. The lowest BCUT2D eigenvalue weighted by molar-refractivity contribution is 0.130. The fourth-order valence-corrected chi connectivity index (χ4v) is 7.22. The Labute approximate surface area is 157 Å². The summed E-state index contributed by atoms with van der Waals surface area (Å²) in [6, 6.07) is 0. The summed E-state index contributed by atoms with van der Waals surface area (Å²) in [5.74, 6) is 0.700. The lowest BCUT2D eigenvalue weighted by Gasteiger charge is -2.35. The van der Waals surface area contributed by atoms with E-state index in [0.29, 0.717) is 17.3 Å². The van der Waals surface area contributed by atoms with Gasteiger partial charge in [-0.2, -0.15) is 0 Å². The molecule has 1 unspecified atom stereocenters. The smallest absolute Gasteiger partial charge is 0.416 e. The van der Waals surface area contributed by atoms with Gasteiger partial charge in [-0.05, 0) is 25.7 Å². The van der Waals surface area contributed by atoms with Crippen LogP contribution in [0, 0.1) is 0 Å². The minimum atomic E-state index is -3.16. The average molecular weight is 397 g/mol. The van der Waals surface area contributed by atoms with Gasteiger partial charge in [-0.25, -0.2) is 9.46 Å². The van der Waals surface area contributed by atoms with Gasteiger partial charge in [-0.3, -0.25) is 9.24 Å². The van der Waals surface area contributed by atoms with Gasteiger partial charge in [0, 0.05) is 19.8 Å². The van der Waals surface area contributed by atoms with Crippen LogP contribution < -0.4 is 0 Å². The van der Waals surface area contributed by atoms with Crippen LogP contribution in [0.15, 0.2) is 0 Å². The first-order chi connectivity index (χ1) is 11.3. The maximum absolute atomic E-state index is 13.5. The standard InChI is InChI=1S/C16H33N2O3PS2/c1-6-9-10-11-12-15(23)17(4)22(20,24-14-8-3)18(5)16(19)21-13-7-2/h6-14H2,1-5H3. The average Bonchev–Trinajstić information content (AvgIpc) is 2.59. The summed E-state index contributed by atoms with van der Waals surface area (Å²) in [6.45, 7) is 3.28. The molecule has 142 valence electrons. The Morgan fingerprint density at radius 3 is 2.25 bits per heavy atom. The van der Waals surface area contributed by atoms with Gasteiger partial charge >= 0.3 is 12.7 Å². The highest BCUT2D eigenvalue weighted by atomic mass is 32.7. The van der Waals surface area contributed by atoms with Crippen molar-refractivity contribution in [3.63, 3.8) is 0 Å². The SMILES string of the molecule is CCCCCCC(=S)N(C)P(=O)(SCCC)N(C)C(=O)OCCC. The van der Waals surface area contributed by atoms with E-state index in [1.54, 1.807) is 11.7 Å². The first-order valence-corrected chi connectivity index (χ1v) is 12.4. The third-order valence-corrected chi connectivity index (χ3v) is 10.0. The molecule has 0 radical (unpaired) electrons. The maximum Gasteiger partial charge on any atom is 0.416 e. The molecule has 24 heavy (non-hydrogen) atoms. The van der Waals surface area contributed by atoms with Gasteiger partial charge in [0.25, 0.3) is 0 Å². The minimum Gasteiger partial charge on any atom is -0.449 e. The van der Waals surface area contributed by atoms with E-state index in [2.05, 4.69) is 6.92 Å². The minimum absolute atomic E-state index is 0.326. The number of ether oxygens (including phenoxy) is 1. The van der Waals surface area contributed by atoms with Crippen LogP contribution in [0.2, 0.25) is 0 Å². The normalized spacial score (nSPS) is 13.2. The van der Waals surface area contributed by atoms with Crippen LogP contribution in [0.3, 0.4) is 0 Å². The van der Waals surface area contributed by atoms with Crippen LogP contribution in [-0.2, 0) is 9.30 Å². The summed E-state index contributed by atoms with van der Waals surface area (Å²) in [5, 5.41) is 0. The molecule has 0 aliphatic carbocycles. The van der Waals surface area contributed by atoms with Gasteiger partial charge in [0.15, 0.2) is 0 Å². The molecule has 0 rings (SSSR count). The zero-order chi connectivity index (χ0) is 18.6. The quantitative estimate of drug-likeness (QED) is 0.231. The summed E-state index contributed by atoms with van der Waals surface area (Å²) in [4.78, 5) is 12.8. The maximum atomic E-state index is 13.5. The second-order valence-electron chi connectivity index (χ2n) is 5.69. The summed E-state index contributed by atoms with van der Waals surface area (Å²) in [7, 11) is 3.27. The molecule has 0 fully saturated rings. The molecule has 0 N–H and O–H groups in total. The van der Waals surface area contributed by atoms with Crippen molar-refractivity contribution in [2.45, 2.75) is 65.7 Å². The molecular formula is C16H33N2O3PS2. The van der Waals surface area contributed by atoms with Crippen LogP contribution in [-0.4, -0.2) is 46.9 Å². The molecular weight excluding hydrogens is 363 g/mol. The molecule has 1 amide bonds. The molecule has 0 aliphatic heterocycles. The van der Waals surface area contributed by atoms with E-state index < -0.39 is 12.7 Å². The number of hydrogen-bond acceptors (Lipinski definition) is 5. The second kappa shape index (κ2) is 13.0. The molecule has 1 atom stereocenters. The molecule has 0 bridgehead atoms. The van der Waals surface area contributed by atoms with Crippen LogP contribution in [0.5, 0.6) is 0 Å². The zero-order valence-electron chi connectivity index (χ0n) is 15.7. The van der Waals surface area contributed by atoms with Crippen molar-refractivity contribution >= 4 is 41.3 Å². The van der Waals surface area contributed by atoms with Crippen molar-refractivity contribution in [2.24, 2.45) is 0 Å². The van der Waals surface area contributed by atoms with Gasteiger partial charge in [-0.15, -0.1) is 0 Å². The van der Waals surface area contributed by atoms with E-state index in [0.717, 1.165) is 32.1 Å². The van der Waals surface area contributed by atoms with Crippen molar-refractivity contribution in [1.29, 1.82) is 0 Å². The Balaban J connectivity index is 5.01. The molecule has 5 nitrogen and oxygen atoms in total. The lowest BCUT2D eigenvalue weighted by atomic mass is 10.1. The van der Waals surface area contributed by atoms with Gasteiger partial charge in [0.2, 0.25) is 0 Å². The van der Waals surface area contributed by atoms with Crippen LogP contribution >= 0.6 is 30.2 Å². The molecule has 0 aromatic heterocycles. The van der Waals surface area contributed by atoms with E-state index in [1.165, 1.54) is 35.9 Å². The lowest BCUT2D eigenvalue weighted by Crippen LogP contribution is -2.33. The van der Waals surface area contributed by atoms with Gasteiger partial charge in [-0.1, -0.05) is 63.6 Å². The number of unbranched alkanes of at least 4 members (excludes halogenated alkanes) is 3. The highest BCUT2D eigenvalue weighted by Crippen LogP contribution is 2.63. The largest absolute Gasteiger partial charge is 0.449 e. The summed E-state index contributed by atoms with van der Waals surface area (Å²) in [5.41, 5.74) is 0. The number of carbonyl (C=O) groups is 1. The molecule has 0 aromatic carbocycles. The summed E-state index contributed by atoms with van der Waals surface area (Å²) < 4.78 is 21.6. The number of thiocarbonyl (C=S) groups is 1. The topological polar surface area (TPSA) is 49.9 Å². The second-order valence-corrected chi connectivity index (χ2v) is 11.2. The van der Waals surface area contributed by atoms with E-state index in [9.17, 15) is 9.36 Å². The van der Waals surface area contributed by atoms with Gasteiger partial charge < -0.3 is 4.74 Å². The van der Waals surface area contributed by atoms with E-state index in [1.807, 2.05) is 13.8 Å². The third-order valence-electron chi connectivity index (χ3n) is 3.52. The monoisotopic (exact) mass is 396 g/mol. The predicted octanol–water partition coefficient (Wildman–Crippen LogP) is 5.95. The molecule has 0 heterocycles. The Kier molecular flexibility index (Phi) is 12.9. The Hall–Kier alpha value is -0.260. The van der Waals surface area contributed by atoms with E-state index >= 15 is 0 Å². The first kappa shape index (κ1) is 23.7. The molecule has 0 aromatic rings. The van der Waals surface area contributed by atoms with Crippen molar-refractivity contribution in [2.75, 3.05) is 26.5 Å². The number of carbonyl (C=O) groups excluding carboxylic acids is 1. The van der Waals surface area contributed by atoms with Crippen LogP contribution in [0.1, 0.15) is 65.7 Å². The first-order valence-electron chi connectivity index (χ1n) is 8.77. The van der Waals surface area contributed by atoms with Crippen LogP contribution in [0.25, 0.3) is 0 Å². The van der Waals surface area contributed by atoms with E-state index in [-0.39, 0.29) is 0 Å². The van der Waals surface area contributed by atoms with Crippen molar-refractivity contribution in [3.8, 4) is 0 Å². The third kappa shape index (κ3) is 7.75. The Morgan fingerprint density at radius 1 is 1.04 bits per heavy atom. The highest BCUT2D eigenvalue weighted by molar-refractivity contribution is 8.56. The number of amides is 1. The van der Waals surface area contributed by atoms with Gasteiger partial charge in [0.1, 0.15) is 0 Å². The highest BCUT2D eigenvalue weighted by Gasteiger charge is 2.38. The molecule has 0 aliphatic rings. The molecule has 0 saturated carbocycles. The van der Waals surface area contributed by atoms with Crippen molar-refractivity contribution in [1.82, 2.24) is 9.34 Å². The molecule has 0 spiro atoms. The van der Waals surface area contributed by atoms with Crippen LogP contribution in [0.4, 0.5) is 4.79 Å². The van der Waals surface area contributed by atoms with Crippen molar-refractivity contribution in [3.05, 3.63) is 0 Å². The van der Waals surface area contributed by atoms with Crippen molar-refractivity contribution < 1.29 is 14.1 Å². The molecule has 0 saturated heterocycles. The summed E-state index contributed by atoms with van der Waals surface area (Å²) >= 11 is 6.77. The number of hydrogen-bond donors (Lipinski definition) is 0. The number of nitrogens with zero attached hydrogens (tertiary/aromatic N) is 2. The fourth-order valence-electron chi connectivity index (χ4n) is 1.98. The van der Waals surface area contributed by atoms with E-state index in [4.69, 9.17) is 17.0 Å².